The van der Waals surface area contributed by atoms with E-state index in [4.69, 9.17) is 16.6 Å². The number of carbonyl (C=O) groups is 2. The Morgan fingerprint density at radius 3 is 2.55 bits per heavy atom. The van der Waals surface area contributed by atoms with Gasteiger partial charge in [-0.15, -0.1) is 11.8 Å². The number of pyridine rings is 1. The van der Waals surface area contributed by atoms with Gasteiger partial charge in [-0.2, -0.15) is 0 Å². The molecule has 194 valence electrons. The van der Waals surface area contributed by atoms with E-state index in [1.165, 1.54) is 23.1 Å². The third-order valence-electron chi connectivity index (χ3n) is 6.06. The molecule has 1 aliphatic rings. The molecule has 1 aliphatic carbocycles. The van der Waals surface area contributed by atoms with Gasteiger partial charge in [0.05, 0.1) is 15.6 Å². The molecule has 6 nitrogen and oxygen atoms in total. The highest BCUT2D eigenvalue weighted by molar-refractivity contribution is 8.01. The maximum atomic E-state index is 13.1. The van der Waals surface area contributed by atoms with E-state index in [1.54, 1.807) is 36.2 Å². The van der Waals surface area contributed by atoms with E-state index in [0.717, 1.165) is 45.5 Å². The number of urea groups is 1. The summed E-state index contributed by atoms with van der Waals surface area (Å²) in [6, 6.07) is 20.4. The van der Waals surface area contributed by atoms with Crippen LogP contribution in [0.5, 0.6) is 0 Å². The Balaban J connectivity index is 1.32. The predicted molar refractivity (Wildman–Crippen MR) is 157 cm³/mol. The molecule has 10 heteroatoms. The molecule has 0 atom stereocenters. The summed E-state index contributed by atoms with van der Waals surface area (Å²) >= 11 is 10.8. The van der Waals surface area contributed by atoms with Crippen LogP contribution in [0, 0.1) is 5.92 Å². The molecule has 2 amide bonds. The van der Waals surface area contributed by atoms with E-state index in [9.17, 15) is 9.59 Å². The van der Waals surface area contributed by atoms with Crippen molar-refractivity contribution in [3.05, 3.63) is 89.2 Å². The van der Waals surface area contributed by atoms with Crippen LogP contribution in [0.4, 0.5) is 15.6 Å². The van der Waals surface area contributed by atoms with Crippen molar-refractivity contribution in [3.63, 3.8) is 0 Å². The predicted octanol–water partition coefficient (Wildman–Crippen LogP) is 8.65. The van der Waals surface area contributed by atoms with Gasteiger partial charge >= 0.3 is 6.03 Å². The molecule has 0 unspecified atom stereocenters. The molecule has 2 aromatic heterocycles. The largest absolute Gasteiger partial charge is 0.325 e. The van der Waals surface area contributed by atoms with E-state index in [1.807, 2.05) is 36.4 Å². The molecule has 38 heavy (non-hydrogen) atoms. The van der Waals surface area contributed by atoms with Crippen LogP contribution in [0.25, 0.3) is 0 Å². The van der Waals surface area contributed by atoms with Gasteiger partial charge in [0, 0.05) is 33.3 Å². The number of halogens is 1. The standard InChI is InChI=1S/C28H25ClN4O2S3/c29-19-13-14-22(21(16-19)25(34)18-8-4-5-9-18)31-27(35)33-28-32-23(17-36-20-10-2-1-3-11-20)26(38-28)37-24-12-6-7-15-30-24/h1-3,6-7,10-16,18H,4-5,8-9,17H2,(H2,31,32,33,35). The minimum atomic E-state index is -0.460. The number of ketones is 1. The summed E-state index contributed by atoms with van der Waals surface area (Å²) < 4.78 is 0.964. The van der Waals surface area contributed by atoms with Crippen LogP contribution in [-0.2, 0) is 5.75 Å². The van der Waals surface area contributed by atoms with Crippen molar-refractivity contribution in [3.8, 4) is 0 Å². The highest BCUT2D eigenvalue weighted by Gasteiger charge is 2.26. The quantitative estimate of drug-likeness (QED) is 0.152. The van der Waals surface area contributed by atoms with Crippen LogP contribution < -0.4 is 10.6 Å². The monoisotopic (exact) mass is 580 g/mol. The number of hydrogen-bond acceptors (Lipinski definition) is 7. The number of Topliss-reactive ketones (excluding diaryl/α,β-unsaturated/α-hetero) is 1. The van der Waals surface area contributed by atoms with Gasteiger partial charge in [0.2, 0.25) is 0 Å². The van der Waals surface area contributed by atoms with Crippen LogP contribution in [0.1, 0.15) is 41.7 Å². The lowest BCUT2D eigenvalue weighted by Gasteiger charge is -2.14. The molecule has 1 saturated carbocycles. The lowest BCUT2D eigenvalue weighted by atomic mass is 9.95. The van der Waals surface area contributed by atoms with Gasteiger partial charge in [-0.1, -0.05) is 71.8 Å². The zero-order valence-corrected chi connectivity index (χ0v) is 23.6. The van der Waals surface area contributed by atoms with Crippen LogP contribution in [0.15, 0.2) is 87.1 Å². The zero-order chi connectivity index (χ0) is 26.3. The van der Waals surface area contributed by atoms with Crippen molar-refractivity contribution in [1.82, 2.24) is 9.97 Å². The SMILES string of the molecule is O=C(Nc1nc(CSc2ccccc2)c(Sc2ccccn2)s1)Nc1ccc(Cl)cc1C(=O)C1CCCC1. The second-order valence-corrected chi connectivity index (χ2v) is 12.5. The number of anilines is 2. The average Bonchev–Trinajstić information content (AvgIpc) is 3.60. The Morgan fingerprint density at radius 1 is 1.00 bits per heavy atom. The van der Waals surface area contributed by atoms with Gasteiger partial charge in [-0.05, 0) is 55.3 Å². The molecule has 0 aliphatic heterocycles. The highest BCUT2D eigenvalue weighted by atomic mass is 35.5. The maximum Gasteiger partial charge on any atom is 0.325 e. The van der Waals surface area contributed by atoms with Crippen LogP contribution in [-0.4, -0.2) is 21.8 Å². The number of thioether (sulfide) groups is 1. The van der Waals surface area contributed by atoms with E-state index in [2.05, 4.69) is 27.8 Å². The smallest absolute Gasteiger partial charge is 0.307 e. The lowest BCUT2D eigenvalue weighted by Crippen LogP contribution is -2.22. The fraction of sp³-hybridized carbons (Fsp3) is 0.214. The van der Waals surface area contributed by atoms with Gasteiger partial charge < -0.3 is 5.32 Å². The maximum absolute atomic E-state index is 13.1. The zero-order valence-electron chi connectivity index (χ0n) is 20.4. The second kappa shape index (κ2) is 12.8. The first kappa shape index (κ1) is 26.7. The number of thiazole rings is 1. The average molecular weight is 581 g/mol. The fourth-order valence-electron chi connectivity index (χ4n) is 4.22. The first-order chi connectivity index (χ1) is 18.5. The van der Waals surface area contributed by atoms with Gasteiger partial charge in [-0.25, -0.2) is 14.8 Å². The van der Waals surface area contributed by atoms with Crippen molar-refractivity contribution in [2.24, 2.45) is 5.92 Å². The molecular weight excluding hydrogens is 556 g/mol. The number of nitrogens with one attached hydrogen (secondary N) is 2. The summed E-state index contributed by atoms with van der Waals surface area (Å²) in [6.07, 6.45) is 5.60. The van der Waals surface area contributed by atoms with Gasteiger partial charge in [0.25, 0.3) is 0 Å². The van der Waals surface area contributed by atoms with Gasteiger partial charge in [0.1, 0.15) is 5.03 Å². The van der Waals surface area contributed by atoms with Gasteiger partial charge in [-0.3, -0.25) is 10.1 Å². The number of amides is 2. The number of hydrogen-bond donors (Lipinski definition) is 2. The van der Waals surface area contributed by atoms with Crippen molar-refractivity contribution in [2.45, 2.75) is 45.6 Å². The van der Waals surface area contributed by atoms with Crippen molar-refractivity contribution < 1.29 is 9.59 Å². The van der Waals surface area contributed by atoms with Crippen LogP contribution >= 0.6 is 46.5 Å². The van der Waals surface area contributed by atoms with E-state index in [0.29, 0.717) is 27.2 Å². The summed E-state index contributed by atoms with van der Waals surface area (Å²) in [5.41, 5.74) is 1.77. The number of carbonyl (C=O) groups excluding carboxylic acids is 2. The highest BCUT2D eigenvalue weighted by Crippen LogP contribution is 2.39. The second-order valence-electron chi connectivity index (χ2n) is 8.74. The van der Waals surface area contributed by atoms with Gasteiger partial charge in [0.15, 0.2) is 10.9 Å². The van der Waals surface area contributed by atoms with Crippen molar-refractivity contribution >= 4 is 69.1 Å². The number of nitrogens with zero attached hydrogens (tertiary/aromatic N) is 2. The Kier molecular flexibility index (Phi) is 9.01. The first-order valence-electron chi connectivity index (χ1n) is 12.2. The summed E-state index contributed by atoms with van der Waals surface area (Å²) in [4.78, 5) is 36.4. The Morgan fingerprint density at radius 2 is 1.79 bits per heavy atom. The third kappa shape index (κ3) is 6.96. The summed E-state index contributed by atoms with van der Waals surface area (Å²) in [5.74, 6) is 0.659. The summed E-state index contributed by atoms with van der Waals surface area (Å²) in [6.45, 7) is 0. The third-order valence-corrected chi connectivity index (χ3v) is 9.49. The number of rotatable bonds is 9. The van der Waals surface area contributed by atoms with Crippen LogP contribution in [0.2, 0.25) is 5.02 Å². The van der Waals surface area contributed by atoms with E-state index >= 15 is 0 Å². The topological polar surface area (TPSA) is 84.0 Å². The normalized spacial score (nSPS) is 13.4. The first-order valence-corrected chi connectivity index (χ1v) is 15.2. The molecular formula is C28H25ClN4O2S3. The molecule has 5 rings (SSSR count). The summed E-state index contributed by atoms with van der Waals surface area (Å²) in [5, 5.41) is 7.49. The molecule has 0 spiro atoms. The van der Waals surface area contributed by atoms with E-state index < -0.39 is 6.03 Å². The molecule has 0 saturated heterocycles. The Bertz CT molecular complexity index is 1410. The Hall–Kier alpha value is -2.85. The minimum absolute atomic E-state index is 0.0214. The number of aromatic nitrogens is 2. The van der Waals surface area contributed by atoms with Crippen molar-refractivity contribution in [2.75, 3.05) is 10.6 Å². The minimum Gasteiger partial charge on any atom is -0.307 e. The number of benzene rings is 2. The van der Waals surface area contributed by atoms with E-state index in [-0.39, 0.29) is 11.7 Å². The molecule has 2 N–H and O–H groups in total. The molecule has 2 aromatic carbocycles. The van der Waals surface area contributed by atoms with Crippen molar-refractivity contribution in [1.29, 1.82) is 0 Å². The molecule has 1 fully saturated rings. The molecule has 2 heterocycles. The fourth-order valence-corrected chi connectivity index (χ4v) is 7.49. The molecule has 0 radical (unpaired) electrons. The van der Waals surface area contributed by atoms with Crippen LogP contribution in [0.3, 0.4) is 0 Å². The molecule has 0 bridgehead atoms. The lowest BCUT2D eigenvalue weighted by molar-refractivity contribution is 0.0923. The summed E-state index contributed by atoms with van der Waals surface area (Å²) in [7, 11) is 0. The Labute approximate surface area is 239 Å². The molecule has 4 aromatic rings.